The Morgan fingerprint density at radius 1 is 1.20 bits per heavy atom. The first-order chi connectivity index (χ1) is 9.71. The second-order valence-corrected chi connectivity index (χ2v) is 4.79. The standard InChI is InChI=1S/C15H23N5/c1-5-10-20-13(8-9-17-20)15-18-12(6-2)11(4)14(19-15)16-7-3/h8-9H,5-7,10H2,1-4H3,(H,16,18,19). The molecular formula is C15H23N5. The minimum absolute atomic E-state index is 0.759. The highest BCUT2D eigenvalue weighted by Crippen LogP contribution is 2.22. The highest BCUT2D eigenvalue weighted by atomic mass is 15.3. The van der Waals surface area contributed by atoms with Gasteiger partial charge in [-0.1, -0.05) is 13.8 Å². The fourth-order valence-electron chi connectivity index (χ4n) is 2.27. The van der Waals surface area contributed by atoms with Crippen LogP contribution in [-0.2, 0) is 13.0 Å². The summed E-state index contributed by atoms with van der Waals surface area (Å²) in [5, 5.41) is 7.68. The minimum atomic E-state index is 0.759. The van der Waals surface area contributed by atoms with Crippen LogP contribution < -0.4 is 5.32 Å². The molecule has 5 nitrogen and oxygen atoms in total. The topological polar surface area (TPSA) is 55.6 Å². The van der Waals surface area contributed by atoms with E-state index in [0.717, 1.165) is 54.5 Å². The van der Waals surface area contributed by atoms with Gasteiger partial charge in [0.2, 0.25) is 0 Å². The van der Waals surface area contributed by atoms with Crippen molar-refractivity contribution in [1.29, 1.82) is 0 Å². The molecule has 0 spiro atoms. The molecule has 0 atom stereocenters. The molecule has 0 radical (unpaired) electrons. The number of anilines is 1. The van der Waals surface area contributed by atoms with Crippen LogP contribution in [0.3, 0.4) is 0 Å². The number of aryl methyl sites for hydroxylation is 2. The highest BCUT2D eigenvalue weighted by molar-refractivity contribution is 5.56. The van der Waals surface area contributed by atoms with Gasteiger partial charge >= 0.3 is 0 Å². The van der Waals surface area contributed by atoms with Crippen LogP contribution in [-0.4, -0.2) is 26.3 Å². The Kier molecular flexibility index (Phi) is 4.71. The molecule has 2 rings (SSSR count). The molecule has 0 unspecified atom stereocenters. The molecule has 0 bridgehead atoms. The van der Waals surface area contributed by atoms with Crippen LogP contribution in [0.2, 0.25) is 0 Å². The van der Waals surface area contributed by atoms with Gasteiger partial charge < -0.3 is 5.32 Å². The summed E-state index contributed by atoms with van der Waals surface area (Å²) in [6, 6.07) is 1.98. The van der Waals surface area contributed by atoms with Crippen molar-refractivity contribution in [2.24, 2.45) is 0 Å². The van der Waals surface area contributed by atoms with Gasteiger partial charge in [-0.25, -0.2) is 9.97 Å². The molecule has 5 heteroatoms. The van der Waals surface area contributed by atoms with E-state index < -0.39 is 0 Å². The summed E-state index contributed by atoms with van der Waals surface area (Å²) in [5.74, 6) is 1.69. The first kappa shape index (κ1) is 14.5. The molecule has 0 aromatic carbocycles. The maximum absolute atomic E-state index is 4.71. The second-order valence-electron chi connectivity index (χ2n) is 4.79. The van der Waals surface area contributed by atoms with Gasteiger partial charge in [-0.05, 0) is 32.8 Å². The van der Waals surface area contributed by atoms with E-state index in [-0.39, 0.29) is 0 Å². The zero-order valence-electron chi connectivity index (χ0n) is 12.8. The van der Waals surface area contributed by atoms with Crippen molar-refractivity contribution in [3.8, 4) is 11.5 Å². The Labute approximate surface area is 120 Å². The van der Waals surface area contributed by atoms with Crippen LogP contribution in [0.25, 0.3) is 11.5 Å². The van der Waals surface area contributed by atoms with Crippen LogP contribution in [0.5, 0.6) is 0 Å². The first-order valence-electron chi connectivity index (χ1n) is 7.34. The van der Waals surface area contributed by atoms with Crippen molar-refractivity contribution >= 4 is 5.82 Å². The molecule has 0 aliphatic carbocycles. The summed E-state index contributed by atoms with van der Waals surface area (Å²) in [4.78, 5) is 9.38. The predicted octanol–water partition coefficient (Wildman–Crippen LogP) is 3.05. The Hall–Kier alpha value is -1.91. The fraction of sp³-hybridized carbons (Fsp3) is 0.533. The predicted molar refractivity (Wildman–Crippen MR) is 81.8 cm³/mol. The number of hydrogen-bond donors (Lipinski definition) is 1. The summed E-state index contributed by atoms with van der Waals surface area (Å²) in [5.41, 5.74) is 3.22. The number of hydrogen-bond acceptors (Lipinski definition) is 4. The second kappa shape index (κ2) is 6.50. The van der Waals surface area contributed by atoms with E-state index in [1.54, 1.807) is 0 Å². The third-order valence-corrected chi connectivity index (χ3v) is 3.31. The van der Waals surface area contributed by atoms with Crippen LogP contribution >= 0.6 is 0 Å². The van der Waals surface area contributed by atoms with Gasteiger partial charge in [0.05, 0.1) is 0 Å². The SMILES string of the molecule is CCCn1nccc1-c1nc(CC)c(C)c(NCC)n1. The lowest BCUT2D eigenvalue weighted by atomic mass is 10.2. The Morgan fingerprint density at radius 3 is 2.65 bits per heavy atom. The molecule has 0 saturated carbocycles. The van der Waals surface area contributed by atoms with Crippen LogP contribution in [0.15, 0.2) is 12.3 Å². The smallest absolute Gasteiger partial charge is 0.180 e. The quantitative estimate of drug-likeness (QED) is 0.879. The van der Waals surface area contributed by atoms with Crippen molar-refractivity contribution in [3.63, 3.8) is 0 Å². The number of aromatic nitrogens is 4. The van der Waals surface area contributed by atoms with Gasteiger partial charge in [0, 0.05) is 30.5 Å². The van der Waals surface area contributed by atoms with E-state index in [4.69, 9.17) is 4.98 Å². The van der Waals surface area contributed by atoms with Gasteiger partial charge in [0.1, 0.15) is 11.5 Å². The van der Waals surface area contributed by atoms with E-state index in [9.17, 15) is 0 Å². The van der Waals surface area contributed by atoms with E-state index in [0.29, 0.717) is 0 Å². The van der Waals surface area contributed by atoms with Crippen molar-refractivity contribution in [2.45, 2.75) is 47.1 Å². The van der Waals surface area contributed by atoms with E-state index in [2.05, 4.69) is 43.1 Å². The largest absolute Gasteiger partial charge is 0.370 e. The van der Waals surface area contributed by atoms with Crippen molar-refractivity contribution < 1.29 is 0 Å². The lowest BCUT2D eigenvalue weighted by Gasteiger charge is -2.13. The molecule has 2 aromatic heterocycles. The molecule has 0 saturated heterocycles. The van der Waals surface area contributed by atoms with E-state index in [1.165, 1.54) is 0 Å². The molecule has 1 N–H and O–H groups in total. The van der Waals surface area contributed by atoms with Gasteiger partial charge in [-0.3, -0.25) is 4.68 Å². The van der Waals surface area contributed by atoms with Crippen molar-refractivity contribution in [1.82, 2.24) is 19.7 Å². The molecule has 0 aliphatic heterocycles. The molecular weight excluding hydrogens is 250 g/mol. The van der Waals surface area contributed by atoms with Crippen molar-refractivity contribution in [3.05, 3.63) is 23.5 Å². The van der Waals surface area contributed by atoms with Gasteiger partial charge in [-0.15, -0.1) is 0 Å². The average Bonchev–Trinajstić information content (AvgIpc) is 2.90. The third-order valence-electron chi connectivity index (χ3n) is 3.31. The van der Waals surface area contributed by atoms with Crippen LogP contribution in [0, 0.1) is 6.92 Å². The monoisotopic (exact) mass is 273 g/mol. The summed E-state index contributed by atoms with van der Waals surface area (Å²) in [6.45, 7) is 10.2. The average molecular weight is 273 g/mol. The summed E-state index contributed by atoms with van der Waals surface area (Å²) < 4.78 is 1.97. The third kappa shape index (κ3) is 2.81. The molecule has 2 heterocycles. The van der Waals surface area contributed by atoms with Gasteiger partial charge in [-0.2, -0.15) is 5.10 Å². The summed E-state index contributed by atoms with van der Waals surface area (Å²) >= 11 is 0. The molecule has 0 amide bonds. The zero-order chi connectivity index (χ0) is 14.5. The Bertz CT molecular complexity index is 574. The summed E-state index contributed by atoms with van der Waals surface area (Å²) in [6.07, 6.45) is 3.76. The van der Waals surface area contributed by atoms with Crippen molar-refractivity contribution in [2.75, 3.05) is 11.9 Å². The molecule has 108 valence electrons. The number of nitrogens with zero attached hydrogens (tertiary/aromatic N) is 4. The van der Waals surface area contributed by atoms with Gasteiger partial charge in [0.25, 0.3) is 0 Å². The Balaban J connectivity index is 2.50. The maximum atomic E-state index is 4.71. The summed E-state index contributed by atoms with van der Waals surface area (Å²) in [7, 11) is 0. The van der Waals surface area contributed by atoms with E-state index >= 15 is 0 Å². The lowest BCUT2D eigenvalue weighted by molar-refractivity contribution is 0.606. The Morgan fingerprint density at radius 2 is 2.00 bits per heavy atom. The molecule has 2 aromatic rings. The number of nitrogens with one attached hydrogen (secondary N) is 1. The fourth-order valence-corrected chi connectivity index (χ4v) is 2.27. The van der Waals surface area contributed by atoms with E-state index in [1.807, 2.05) is 16.9 Å². The minimum Gasteiger partial charge on any atom is -0.370 e. The molecule has 0 fully saturated rings. The lowest BCUT2D eigenvalue weighted by Crippen LogP contribution is -2.09. The normalized spacial score (nSPS) is 10.8. The van der Waals surface area contributed by atoms with Crippen LogP contribution in [0.1, 0.15) is 38.4 Å². The highest BCUT2D eigenvalue weighted by Gasteiger charge is 2.13. The molecule has 0 aliphatic rings. The number of rotatable bonds is 6. The molecule has 20 heavy (non-hydrogen) atoms. The van der Waals surface area contributed by atoms with Crippen LogP contribution in [0.4, 0.5) is 5.82 Å². The zero-order valence-corrected chi connectivity index (χ0v) is 12.8. The first-order valence-corrected chi connectivity index (χ1v) is 7.34. The van der Waals surface area contributed by atoms with Gasteiger partial charge in [0.15, 0.2) is 5.82 Å². The maximum Gasteiger partial charge on any atom is 0.180 e.